The Morgan fingerprint density at radius 3 is 1.56 bits per heavy atom. The fraction of sp³-hybridized carbons (Fsp3) is 0.125. The zero-order chi connectivity index (χ0) is 33.1. The number of carbonyl (C=O) groups excluding carboxylic acids is 3. The van der Waals surface area contributed by atoms with Gasteiger partial charge in [0, 0.05) is 22.7 Å². The van der Waals surface area contributed by atoms with Crippen LogP contribution in [-0.2, 0) is 4.74 Å². The summed E-state index contributed by atoms with van der Waals surface area (Å²) in [6, 6.07) is 22.2. The lowest BCUT2D eigenvalue weighted by atomic mass is 10.1. The number of carbonyl (C=O) groups is 4. The van der Waals surface area contributed by atoms with Crippen molar-refractivity contribution in [3.05, 3.63) is 119 Å². The van der Waals surface area contributed by atoms with E-state index in [1.54, 1.807) is 69.3 Å². The van der Waals surface area contributed by atoms with Gasteiger partial charge in [-0.25, -0.2) is 18.4 Å². The van der Waals surface area contributed by atoms with Gasteiger partial charge in [-0.15, -0.1) is 0 Å². The number of rotatable bonds is 6. The summed E-state index contributed by atoms with van der Waals surface area (Å²) in [5.41, 5.74) is 0.841. The SMILES string of the molecule is CC(C)(C)OC(=O)Nc1ccc(NC(=O)c2c(F)cccc2F)cc1.O=C(O)Nc1ccc(NC(=O)c2ccccc2Cl)cc1. The molecule has 0 saturated carbocycles. The third-order valence-corrected chi connectivity index (χ3v) is 5.82. The van der Waals surface area contributed by atoms with Crippen LogP contribution in [-0.4, -0.2) is 34.7 Å². The van der Waals surface area contributed by atoms with Crippen molar-refractivity contribution in [3.63, 3.8) is 0 Å². The van der Waals surface area contributed by atoms with E-state index in [4.69, 9.17) is 21.4 Å². The van der Waals surface area contributed by atoms with Crippen molar-refractivity contribution >= 4 is 58.4 Å². The van der Waals surface area contributed by atoms with Gasteiger partial charge in [0.2, 0.25) is 0 Å². The number of benzene rings is 4. The van der Waals surface area contributed by atoms with Crippen molar-refractivity contribution < 1.29 is 37.8 Å². The molecule has 10 nitrogen and oxygen atoms in total. The molecule has 4 rings (SSSR count). The van der Waals surface area contributed by atoms with Gasteiger partial charge in [-0.3, -0.25) is 20.2 Å². The molecular formula is C32H29ClF2N4O6. The highest BCUT2D eigenvalue weighted by atomic mass is 35.5. The van der Waals surface area contributed by atoms with Crippen molar-refractivity contribution in [1.82, 2.24) is 0 Å². The Kier molecular flexibility index (Phi) is 11.6. The van der Waals surface area contributed by atoms with Crippen LogP contribution in [0.25, 0.3) is 0 Å². The third kappa shape index (κ3) is 10.9. The Balaban J connectivity index is 0.000000251. The van der Waals surface area contributed by atoms with Crippen LogP contribution in [0.1, 0.15) is 41.5 Å². The minimum Gasteiger partial charge on any atom is -0.465 e. The molecule has 0 fully saturated rings. The number of anilines is 4. The first-order chi connectivity index (χ1) is 21.2. The van der Waals surface area contributed by atoms with E-state index in [-0.39, 0.29) is 5.91 Å². The van der Waals surface area contributed by atoms with E-state index in [0.717, 1.165) is 12.1 Å². The fourth-order valence-corrected chi connectivity index (χ4v) is 3.79. The number of ether oxygens (including phenoxy) is 1. The first kappa shape index (κ1) is 34.0. The largest absolute Gasteiger partial charge is 0.465 e. The molecule has 0 heterocycles. The minimum atomic E-state index is -1.14. The summed E-state index contributed by atoms with van der Waals surface area (Å²) in [4.78, 5) is 46.1. The van der Waals surface area contributed by atoms with Gasteiger partial charge in [0.25, 0.3) is 11.8 Å². The van der Waals surface area contributed by atoms with Crippen LogP contribution in [0.2, 0.25) is 5.02 Å². The molecule has 0 bridgehead atoms. The molecule has 234 valence electrons. The van der Waals surface area contributed by atoms with E-state index in [2.05, 4.69) is 21.3 Å². The zero-order valence-corrected chi connectivity index (χ0v) is 25.0. The first-order valence-electron chi connectivity index (χ1n) is 13.2. The first-order valence-corrected chi connectivity index (χ1v) is 13.6. The molecule has 0 radical (unpaired) electrons. The van der Waals surface area contributed by atoms with E-state index in [0.29, 0.717) is 33.3 Å². The molecule has 0 spiro atoms. The second-order valence-corrected chi connectivity index (χ2v) is 10.6. The van der Waals surface area contributed by atoms with Crippen molar-refractivity contribution in [3.8, 4) is 0 Å². The van der Waals surface area contributed by atoms with E-state index < -0.39 is 40.9 Å². The van der Waals surface area contributed by atoms with Crippen molar-refractivity contribution in [2.45, 2.75) is 26.4 Å². The van der Waals surface area contributed by atoms with Crippen molar-refractivity contribution in [1.29, 1.82) is 0 Å². The highest BCUT2D eigenvalue weighted by molar-refractivity contribution is 6.34. The maximum atomic E-state index is 13.6. The third-order valence-electron chi connectivity index (χ3n) is 5.49. The zero-order valence-electron chi connectivity index (χ0n) is 24.3. The smallest absolute Gasteiger partial charge is 0.412 e. The maximum Gasteiger partial charge on any atom is 0.412 e. The maximum absolute atomic E-state index is 13.6. The normalized spacial score (nSPS) is 10.4. The number of amides is 4. The van der Waals surface area contributed by atoms with E-state index in [1.165, 1.54) is 30.3 Å². The molecule has 0 aliphatic carbocycles. The second-order valence-electron chi connectivity index (χ2n) is 10.2. The molecule has 0 unspecified atom stereocenters. The van der Waals surface area contributed by atoms with Gasteiger partial charge in [0.05, 0.1) is 10.6 Å². The predicted octanol–water partition coefficient (Wildman–Crippen LogP) is 8.25. The Morgan fingerprint density at radius 1 is 0.644 bits per heavy atom. The summed E-state index contributed by atoms with van der Waals surface area (Å²) in [7, 11) is 0. The summed E-state index contributed by atoms with van der Waals surface area (Å²) < 4.78 is 32.3. The molecule has 0 saturated heterocycles. The molecule has 4 amide bonds. The monoisotopic (exact) mass is 638 g/mol. The number of carboxylic acid groups (broad SMARTS) is 1. The summed E-state index contributed by atoms with van der Waals surface area (Å²) in [6.07, 6.45) is -1.75. The van der Waals surface area contributed by atoms with Crippen LogP contribution in [0.4, 0.5) is 41.1 Å². The van der Waals surface area contributed by atoms with Crippen LogP contribution in [0.5, 0.6) is 0 Å². The number of nitrogens with one attached hydrogen (secondary N) is 4. The van der Waals surface area contributed by atoms with Gasteiger partial charge in [0.1, 0.15) is 22.8 Å². The van der Waals surface area contributed by atoms with Crippen LogP contribution in [0.15, 0.2) is 91.0 Å². The molecule has 0 aromatic heterocycles. The van der Waals surface area contributed by atoms with Gasteiger partial charge in [-0.05, 0) is 93.6 Å². The topological polar surface area (TPSA) is 146 Å². The quantitative estimate of drug-likeness (QED) is 0.144. The fourth-order valence-electron chi connectivity index (χ4n) is 3.57. The molecule has 0 aliphatic heterocycles. The van der Waals surface area contributed by atoms with Crippen LogP contribution in [0.3, 0.4) is 0 Å². The van der Waals surface area contributed by atoms with E-state index in [9.17, 15) is 28.0 Å². The van der Waals surface area contributed by atoms with Crippen molar-refractivity contribution in [2.75, 3.05) is 21.3 Å². The summed E-state index contributed by atoms with van der Waals surface area (Å²) in [5, 5.41) is 18.8. The number of halogens is 3. The molecular weight excluding hydrogens is 610 g/mol. The summed E-state index contributed by atoms with van der Waals surface area (Å²) in [6.45, 7) is 5.23. The average Bonchev–Trinajstić information content (AvgIpc) is 2.94. The lowest BCUT2D eigenvalue weighted by Crippen LogP contribution is -2.27. The standard InChI is InChI=1S/C18H18F2N2O3.C14H11ClN2O3/c1-18(2,3)25-17(24)22-12-9-7-11(8-10-12)21-16(23)15-13(19)5-4-6-14(15)20;15-12-4-2-1-3-11(12)13(18)16-9-5-7-10(8-6-9)17-14(19)20/h4-10H,1-3H3,(H,21,23)(H,22,24);1-8,17H,(H,16,18)(H,19,20). The van der Waals surface area contributed by atoms with E-state index >= 15 is 0 Å². The van der Waals surface area contributed by atoms with Gasteiger partial charge in [-0.2, -0.15) is 0 Å². The minimum absolute atomic E-state index is 0.322. The Labute approximate surface area is 262 Å². The summed E-state index contributed by atoms with van der Waals surface area (Å²) in [5.74, 6) is -3.11. The Hall–Kier alpha value is -5.49. The Bertz CT molecular complexity index is 1660. The molecule has 0 atom stereocenters. The Morgan fingerprint density at radius 2 is 1.09 bits per heavy atom. The molecule has 5 N–H and O–H groups in total. The molecule has 4 aromatic carbocycles. The van der Waals surface area contributed by atoms with Gasteiger partial charge in [-0.1, -0.05) is 29.8 Å². The summed E-state index contributed by atoms with van der Waals surface area (Å²) >= 11 is 5.93. The lowest BCUT2D eigenvalue weighted by Gasteiger charge is -2.19. The van der Waals surface area contributed by atoms with Gasteiger partial charge in [0.15, 0.2) is 0 Å². The van der Waals surface area contributed by atoms with Gasteiger partial charge >= 0.3 is 12.2 Å². The number of hydrogen-bond acceptors (Lipinski definition) is 5. The van der Waals surface area contributed by atoms with E-state index in [1.807, 2.05) is 0 Å². The molecule has 0 aliphatic rings. The molecule has 4 aromatic rings. The van der Waals surface area contributed by atoms with Crippen molar-refractivity contribution in [2.24, 2.45) is 0 Å². The second kappa shape index (κ2) is 15.3. The lowest BCUT2D eigenvalue weighted by molar-refractivity contribution is 0.0635. The highest BCUT2D eigenvalue weighted by Crippen LogP contribution is 2.20. The average molecular weight is 639 g/mol. The molecule has 13 heteroatoms. The van der Waals surface area contributed by atoms with Gasteiger partial charge < -0.3 is 20.5 Å². The van der Waals surface area contributed by atoms with Crippen LogP contribution < -0.4 is 21.3 Å². The number of hydrogen-bond donors (Lipinski definition) is 5. The highest BCUT2D eigenvalue weighted by Gasteiger charge is 2.18. The predicted molar refractivity (Wildman–Crippen MR) is 168 cm³/mol. The van der Waals surface area contributed by atoms with Crippen LogP contribution >= 0.6 is 11.6 Å². The van der Waals surface area contributed by atoms with Crippen LogP contribution in [0, 0.1) is 11.6 Å². The molecule has 45 heavy (non-hydrogen) atoms.